The molecule has 24 heavy (non-hydrogen) atoms. The summed E-state index contributed by atoms with van der Waals surface area (Å²) in [5, 5.41) is 0.629. The van der Waals surface area contributed by atoms with Crippen molar-refractivity contribution < 1.29 is 8.85 Å². The fourth-order valence-electron chi connectivity index (χ4n) is 3.34. The van der Waals surface area contributed by atoms with Crippen LogP contribution >= 0.6 is 0 Å². The van der Waals surface area contributed by atoms with E-state index in [0.29, 0.717) is 15.7 Å². The normalized spacial score (nSPS) is 16.1. The van der Waals surface area contributed by atoms with Crippen LogP contribution in [0.5, 0.6) is 0 Å². The quantitative estimate of drug-likeness (QED) is 0.508. The number of hydrogen-bond acceptors (Lipinski definition) is 3. The Morgan fingerprint density at radius 3 is 1.38 bits per heavy atom. The van der Waals surface area contributed by atoms with Crippen molar-refractivity contribution >= 4 is 25.8 Å². The number of hydrogen-bond donors (Lipinski definition) is 0. The van der Waals surface area contributed by atoms with Crippen LogP contribution in [0.25, 0.3) is 0 Å². The summed E-state index contributed by atoms with van der Waals surface area (Å²) in [5.41, 5.74) is 0.465. The van der Waals surface area contributed by atoms with E-state index in [4.69, 9.17) is 8.85 Å². The molecule has 0 bridgehead atoms. The Bertz CT molecular complexity index is 357. The summed E-state index contributed by atoms with van der Waals surface area (Å²) in [6, 6.07) is 0. The van der Waals surface area contributed by atoms with Gasteiger partial charge in [0, 0.05) is 19.9 Å². The van der Waals surface area contributed by atoms with Crippen molar-refractivity contribution in [3.05, 3.63) is 0 Å². The first kappa shape index (κ1) is 24.5. The molecule has 0 aromatic carbocycles. The van der Waals surface area contributed by atoms with Crippen molar-refractivity contribution in [2.24, 2.45) is 0 Å². The van der Waals surface area contributed by atoms with Crippen LogP contribution in [0, 0.1) is 0 Å². The third kappa shape index (κ3) is 5.04. The van der Waals surface area contributed by atoms with Crippen molar-refractivity contribution in [2.75, 3.05) is 14.2 Å². The summed E-state index contributed by atoms with van der Waals surface area (Å²) in [6.07, 6.45) is 2.36. The van der Waals surface area contributed by atoms with E-state index in [9.17, 15) is 0 Å². The van der Waals surface area contributed by atoms with Gasteiger partial charge in [0.05, 0.1) is 0 Å². The van der Waals surface area contributed by atoms with Crippen LogP contribution in [0.3, 0.4) is 0 Å². The highest BCUT2D eigenvalue weighted by Gasteiger charge is 2.55. The topological polar surface area (TPSA) is 21.7 Å². The Kier molecular flexibility index (Phi) is 8.67. The molecule has 1 unspecified atom stereocenters. The van der Waals surface area contributed by atoms with Crippen LogP contribution in [-0.4, -0.2) is 49.9 Å². The molecule has 0 saturated carbocycles. The zero-order valence-corrected chi connectivity index (χ0v) is 22.0. The third-order valence-electron chi connectivity index (χ3n) is 6.57. The monoisotopic (exact) mass is 391 g/mol. The SMILES string of the molecule is CCCC(N([Si](C)(C)C(C)(C)C)[Si](C)(C)C(C)(C)C)[SiH](OC)OC. The number of nitrogens with zero attached hydrogens (tertiary/aromatic N) is 1. The average molecular weight is 392 g/mol. The van der Waals surface area contributed by atoms with Gasteiger partial charge in [-0.1, -0.05) is 81.1 Å². The maximum atomic E-state index is 5.93. The summed E-state index contributed by atoms with van der Waals surface area (Å²) in [5.74, 6) is 0. The van der Waals surface area contributed by atoms with Gasteiger partial charge in [-0.15, -0.1) is 0 Å². The van der Waals surface area contributed by atoms with E-state index in [-0.39, 0.29) is 0 Å². The van der Waals surface area contributed by atoms with E-state index in [2.05, 4.69) is 78.9 Å². The van der Waals surface area contributed by atoms with E-state index in [1.165, 1.54) is 12.8 Å². The first-order valence-corrected chi connectivity index (χ1v) is 16.9. The van der Waals surface area contributed by atoms with Crippen molar-refractivity contribution in [3.63, 3.8) is 0 Å². The van der Waals surface area contributed by atoms with Gasteiger partial charge in [0.25, 0.3) is 0 Å². The van der Waals surface area contributed by atoms with Crippen molar-refractivity contribution in [1.29, 1.82) is 0 Å². The van der Waals surface area contributed by atoms with Gasteiger partial charge in [0.2, 0.25) is 0 Å². The second-order valence-electron chi connectivity index (χ2n) is 10.2. The van der Waals surface area contributed by atoms with E-state index in [0.717, 1.165) is 0 Å². The van der Waals surface area contributed by atoms with Crippen molar-refractivity contribution in [1.82, 2.24) is 4.23 Å². The standard InChI is InChI=1S/C18H45NO2Si3/c1-14-15-16(22(20-8)21-9)19(23(10,11)17(2,3)4)24(12,13)18(5,6)7/h16,22H,14-15H2,1-13H3. The molecule has 146 valence electrons. The van der Waals surface area contributed by atoms with Gasteiger partial charge in [-0.25, -0.2) is 0 Å². The van der Waals surface area contributed by atoms with E-state index < -0.39 is 25.8 Å². The van der Waals surface area contributed by atoms with E-state index >= 15 is 0 Å². The highest BCUT2D eigenvalue weighted by atomic mass is 28.4. The van der Waals surface area contributed by atoms with Gasteiger partial charge < -0.3 is 13.1 Å². The van der Waals surface area contributed by atoms with E-state index in [1.54, 1.807) is 0 Å². The average Bonchev–Trinajstić information content (AvgIpc) is 2.37. The van der Waals surface area contributed by atoms with Crippen LogP contribution < -0.4 is 0 Å². The van der Waals surface area contributed by atoms with Gasteiger partial charge in [-0.05, 0) is 16.5 Å². The molecule has 0 radical (unpaired) electrons. The van der Waals surface area contributed by atoms with E-state index in [1.807, 2.05) is 14.2 Å². The number of rotatable bonds is 8. The lowest BCUT2D eigenvalue weighted by Crippen LogP contribution is -2.74. The fourth-order valence-corrected chi connectivity index (χ4v) is 18.9. The molecule has 0 aliphatic heterocycles. The Hall–Kier alpha value is 0.531. The molecule has 0 N–H and O–H groups in total. The summed E-state index contributed by atoms with van der Waals surface area (Å²) >= 11 is 0. The molecule has 0 saturated heterocycles. The lowest BCUT2D eigenvalue weighted by Gasteiger charge is -2.60. The maximum absolute atomic E-state index is 5.93. The largest absolute Gasteiger partial charge is 0.399 e. The minimum Gasteiger partial charge on any atom is -0.399 e. The summed E-state index contributed by atoms with van der Waals surface area (Å²) in [4.78, 5) is 0. The Balaban J connectivity index is 6.41. The predicted octanol–water partition coefficient (Wildman–Crippen LogP) is 5.52. The molecule has 0 rings (SSSR count). The summed E-state index contributed by atoms with van der Waals surface area (Å²) in [6.45, 7) is 27.1. The van der Waals surface area contributed by atoms with Gasteiger partial charge in [-0.3, -0.25) is 0 Å². The van der Waals surface area contributed by atoms with Crippen LogP contribution in [-0.2, 0) is 8.85 Å². The maximum Gasteiger partial charge on any atom is 0.337 e. The molecule has 1 atom stereocenters. The zero-order chi connectivity index (χ0) is 19.6. The first-order valence-electron chi connectivity index (χ1n) is 9.44. The smallest absolute Gasteiger partial charge is 0.337 e. The van der Waals surface area contributed by atoms with Crippen molar-refractivity contribution in [2.45, 2.75) is 103 Å². The zero-order valence-electron chi connectivity index (χ0n) is 18.8. The minimum atomic E-state index is -1.73. The Morgan fingerprint density at radius 1 is 0.833 bits per heavy atom. The van der Waals surface area contributed by atoms with Gasteiger partial charge in [0.15, 0.2) is 0 Å². The molecule has 0 fully saturated rings. The van der Waals surface area contributed by atoms with Crippen LogP contribution in [0.1, 0.15) is 61.3 Å². The lowest BCUT2D eigenvalue weighted by atomic mass is 10.2. The van der Waals surface area contributed by atoms with Crippen LogP contribution in [0.4, 0.5) is 0 Å². The second-order valence-corrected chi connectivity index (χ2v) is 23.3. The van der Waals surface area contributed by atoms with Gasteiger partial charge >= 0.3 is 9.28 Å². The Morgan fingerprint density at radius 2 is 1.17 bits per heavy atom. The molecular weight excluding hydrogens is 346 g/mol. The molecule has 0 aromatic heterocycles. The Labute approximate surface area is 156 Å². The van der Waals surface area contributed by atoms with Crippen molar-refractivity contribution in [3.8, 4) is 0 Å². The summed E-state index contributed by atoms with van der Waals surface area (Å²) in [7, 11) is -1.45. The predicted molar refractivity (Wildman–Crippen MR) is 116 cm³/mol. The molecule has 6 heteroatoms. The van der Waals surface area contributed by atoms with Crippen LogP contribution in [0.15, 0.2) is 0 Å². The highest BCUT2D eigenvalue weighted by molar-refractivity contribution is 6.94. The van der Waals surface area contributed by atoms with Crippen LogP contribution in [0.2, 0.25) is 36.3 Å². The molecule has 0 aromatic rings. The minimum absolute atomic E-state index is 0.314. The molecule has 0 spiro atoms. The third-order valence-corrected chi connectivity index (χ3v) is 23.1. The fraction of sp³-hybridized carbons (Fsp3) is 1.00. The molecule has 0 aliphatic carbocycles. The molecule has 0 aliphatic rings. The van der Waals surface area contributed by atoms with Gasteiger partial charge in [0.1, 0.15) is 16.5 Å². The molecular formula is C18H45NO2Si3. The highest BCUT2D eigenvalue weighted by Crippen LogP contribution is 2.48. The van der Waals surface area contributed by atoms with Gasteiger partial charge in [-0.2, -0.15) is 0 Å². The molecule has 0 amide bonds. The molecule has 3 nitrogen and oxygen atoms in total. The lowest BCUT2D eigenvalue weighted by molar-refractivity contribution is 0.242. The second kappa shape index (κ2) is 8.48. The summed E-state index contributed by atoms with van der Waals surface area (Å²) < 4.78 is 14.9. The first-order chi connectivity index (χ1) is 10.6. The molecule has 0 heterocycles.